The minimum atomic E-state index is 0.0378. The number of nitrogens with one attached hydrogen (secondary N) is 2. The minimum Gasteiger partial charge on any atom is -0.323 e. The molecule has 23 heavy (non-hydrogen) atoms. The molecule has 0 aliphatic carbocycles. The Kier molecular flexibility index (Phi) is 5.13. The van der Waals surface area contributed by atoms with E-state index >= 15 is 0 Å². The number of hydrogen-bond acceptors (Lipinski definition) is 3. The summed E-state index contributed by atoms with van der Waals surface area (Å²) in [7, 11) is 0. The second-order valence-corrected chi connectivity index (χ2v) is 7.45. The lowest BCUT2D eigenvalue weighted by Gasteiger charge is -2.21. The van der Waals surface area contributed by atoms with Crippen molar-refractivity contribution in [1.82, 2.24) is 0 Å². The summed E-state index contributed by atoms with van der Waals surface area (Å²) in [5, 5.41) is 19.4. The second-order valence-electron chi connectivity index (χ2n) is 5.39. The van der Waals surface area contributed by atoms with Crippen LogP contribution in [0.4, 0.5) is 5.69 Å². The summed E-state index contributed by atoms with van der Waals surface area (Å²) >= 11 is 5.27. The van der Waals surface area contributed by atoms with Crippen LogP contribution in [0.5, 0.6) is 0 Å². The molecule has 6 heteroatoms. The summed E-state index contributed by atoms with van der Waals surface area (Å²) in [6, 6.07) is 14.1. The minimum absolute atomic E-state index is 0.0378. The van der Waals surface area contributed by atoms with Gasteiger partial charge < -0.3 is 5.32 Å². The molecule has 3 rings (SSSR count). The van der Waals surface area contributed by atoms with E-state index in [1.165, 1.54) is 16.0 Å². The molecule has 0 bridgehead atoms. The molecule has 1 atom stereocenters. The Balaban J connectivity index is 1.71. The SMILES string of the molecule is Cc1ccc2c(c1)C(N=NC(=N)Nc1cccc(Br)c1)CCS2. The third-order valence-corrected chi connectivity index (χ3v) is 5.17. The van der Waals surface area contributed by atoms with Crippen LogP contribution in [0.15, 0.2) is 62.1 Å². The van der Waals surface area contributed by atoms with Crippen molar-refractivity contribution in [3.63, 3.8) is 0 Å². The molecule has 0 saturated heterocycles. The summed E-state index contributed by atoms with van der Waals surface area (Å²) in [6.45, 7) is 2.09. The van der Waals surface area contributed by atoms with Crippen molar-refractivity contribution in [1.29, 1.82) is 5.41 Å². The number of rotatable bonds is 2. The number of thioether (sulfide) groups is 1. The molecule has 4 nitrogen and oxygen atoms in total. The zero-order chi connectivity index (χ0) is 16.2. The van der Waals surface area contributed by atoms with Gasteiger partial charge in [0.25, 0.3) is 0 Å². The monoisotopic (exact) mass is 388 g/mol. The summed E-state index contributed by atoms with van der Waals surface area (Å²) in [4.78, 5) is 1.28. The highest BCUT2D eigenvalue weighted by Crippen LogP contribution is 2.38. The molecule has 1 heterocycles. The van der Waals surface area contributed by atoms with E-state index in [0.29, 0.717) is 0 Å². The van der Waals surface area contributed by atoms with Crippen molar-refractivity contribution < 1.29 is 0 Å². The van der Waals surface area contributed by atoms with Gasteiger partial charge in [-0.1, -0.05) is 39.7 Å². The Morgan fingerprint density at radius 2 is 2.17 bits per heavy atom. The van der Waals surface area contributed by atoms with Crippen molar-refractivity contribution in [2.45, 2.75) is 24.3 Å². The molecule has 2 aromatic rings. The highest BCUT2D eigenvalue weighted by molar-refractivity contribution is 9.10. The van der Waals surface area contributed by atoms with Crippen molar-refractivity contribution in [2.24, 2.45) is 10.2 Å². The highest BCUT2D eigenvalue weighted by atomic mass is 79.9. The Bertz CT molecular complexity index is 760. The van der Waals surface area contributed by atoms with Crippen molar-refractivity contribution >= 4 is 39.3 Å². The number of fused-ring (bicyclic) bond motifs is 1. The first-order valence-electron chi connectivity index (χ1n) is 7.37. The number of nitrogens with zero attached hydrogens (tertiary/aromatic N) is 2. The fraction of sp³-hybridized carbons (Fsp3) is 0.235. The van der Waals surface area contributed by atoms with Crippen LogP contribution in [0, 0.1) is 12.3 Å². The molecular weight excluding hydrogens is 372 g/mol. The van der Waals surface area contributed by atoms with E-state index < -0.39 is 0 Å². The van der Waals surface area contributed by atoms with Gasteiger partial charge in [0.2, 0.25) is 5.96 Å². The van der Waals surface area contributed by atoms with Gasteiger partial charge in [0.15, 0.2) is 0 Å². The van der Waals surface area contributed by atoms with Crippen LogP contribution in [0.25, 0.3) is 0 Å². The molecule has 0 fully saturated rings. The van der Waals surface area contributed by atoms with Crippen molar-refractivity contribution in [2.75, 3.05) is 11.1 Å². The summed E-state index contributed by atoms with van der Waals surface area (Å²) in [5.41, 5.74) is 3.27. The van der Waals surface area contributed by atoms with E-state index in [0.717, 1.165) is 22.3 Å². The zero-order valence-electron chi connectivity index (χ0n) is 12.7. The maximum Gasteiger partial charge on any atom is 0.239 e. The predicted octanol–water partition coefficient (Wildman–Crippen LogP) is 5.79. The van der Waals surface area contributed by atoms with Crippen molar-refractivity contribution in [3.05, 3.63) is 58.1 Å². The maximum atomic E-state index is 7.95. The molecule has 0 spiro atoms. The number of benzene rings is 2. The molecule has 0 amide bonds. The molecule has 2 N–H and O–H groups in total. The van der Waals surface area contributed by atoms with Crippen LogP contribution in [0.1, 0.15) is 23.6 Å². The van der Waals surface area contributed by atoms with Crippen LogP contribution >= 0.6 is 27.7 Å². The fourth-order valence-electron chi connectivity index (χ4n) is 2.47. The number of azo groups is 1. The third kappa shape index (κ3) is 4.20. The maximum absolute atomic E-state index is 7.95. The Labute approximate surface area is 148 Å². The molecule has 0 radical (unpaired) electrons. The third-order valence-electron chi connectivity index (χ3n) is 3.56. The van der Waals surface area contributed by atoms with Gasteiger partial charge >= 0.3 is 0 Å². The van der Waals surface area contributed by atoms with Gasteiger partial charge in [-0.3, -0.25) is 5.41 Å². The molecule has 1 unspecified atom stereocenters. The van der Waals surface area contributed by atoms with E-state index in [-0.39, 0.29) is 12.0 Å². The van der Waals surface area contributed by atoms with Crippen LogP contribution in [-0.4, -0.2) is 11.7 Å². The lowest BCUT2D eigenvalue weighted by atomic mass is 10.0. The first-order valence-corrected chi connectivity index (χ1v) is 9.15. The van der Waals surface area contributed by atoms with Gasteiger partial charge in [-0.25, -0.2) is 0 Å². The topological polar surface area (TPSA) is 60.6 Å². The lowest BCUT2D eigenvalue weighted by Crippen LogP contribution is -2.09. The van der Waals surface area contributed by atoms with Crippen molar-refractivity contribution in [3.8, 4) is 0 Å². The van der Waals surface area contributed by atoms with E-state index in [9.17, 15) is 0 Å². The van der Waals surface area contributed by atoms with E-state index in [1.54, 1.807) is 0 Å². The van der Waals surface area contributed by atoms with Gasteiger partial charge in [0, 0.05) is 20.8 Å². The summed E-state index contributed by atoms with van der Waals surface area (Å²) in [6.07, 6.45) is 0.953. The quantitative estimate of drug-likeness (QED) is 0.388. The first-order chi connectivity index (χ1) is 11.1. The number of halogens is 1. The number of anilines is 1. The summed E-state index contributed by atoms with van der Waals surface area (Å²) < 4.78 is 0.959. The molecule has 1 aliphatic heterocycles. The largest absolute Gasteiger partial charge is 0.323 e. The molecular formula is C17H17BrN4S. The normalized spacial score (nSPS) is 17.0. The summed E-state index contributed by atoms with van der Waals surface area (Å²) in [5.74, 6) is 1.09. The van der Waals surface area contributed by atoms with Gasteiger partial charge in [0.05, 0.1) is 6.04 Å². The van der Waals surface area contributed by atoms with Crippen LogP contribution in [0.2, 0.25) is 0 Å². The number of hydrogen-bond donors (Lipinski definition) is 2. The molecule has 118 valence electrons. The second kappa shape index (κ2) is 7.27. The van der Waals surface area contributed by atoms with E-state index in [1.807, 2.05) is 36.0 Å². The predicted molar refractivity (Wildman–Crippen MR) is 99.6 cm³/mol. The number of guanidine groups is 1. The van der Waals surface area contributed by atoms with Gasteiger partial charge in [-0.15, -0.1) is 16.9 Å². The molecule has 1 aliphatic rings. The Hall–Kier alpha value is -1.66. The standard InChI is InChI=1S/C17H17BrN4S/c1-11-5-6-16-14(9-11)15(7-8-23-16)21-22-17(19)20-13-4-2-3-12(18)10-13/h2-6,9-10,15H,7-8H2,1H3,(H2,19,20). The zero-order valence-corrected chi connectivity index (χ0v) is 15.1. The van der Waals surface area contributed by atoms with Crippen LogP contribution in [-0.2, 0) is 0 Å². The molecule has 0 aromatic heterocycles. The van der Waals surface area contributed by atoms with Gasteiger partial charge in [-0.05, 0) is 43.2 Å². The van der Waals surface area contributed by atoms with Gasteiger partial charge in [0.1, 0.15) is 0 Å². The van der Waals surface area contributed by atoms with Crippen LogP contribution < -0.4 is 5.32 Å². The number of aryl methyl sites for hydroxylation is 1. The van der Waals surface area contributed by atoms with E-state index in [2.05, 4.69) is 56.6 Å². The fourth-order valence-corrected chi connectivity index (χ4v) is 3.96. The first kappa shape index (κ1) is 16.2. The average Bonchev–Trinajstić information content (AvgIpc) is 2.53. The van der Waals surface area contributed by atoms with E-state index in [4.69, 9.17) is 5.41 Å². The highest BCUT2D eigenvalue weighted by Gasteiger charge is 2.20. The molecule has 2 aromatic carbocycles. The van der Waals surface area contributed by atoms with Crippen LogP contribution in [0.3, 0.4) is 0 Å². The van der Waals surface area contributed by atoms with Gasteiger partial charge in [-0.2, -0.15) is 5.11 Å². The smallest absolute Gasteiger partial charge is 0.239 e. The Morgan fingerprint density at radius 3 is 3.00 bits per heavy atom. The average molecular weight is 389 g/mol. The Morgan fingerprint density at radius 1 is 1.30 bits per heavy atom. The molecule has 0 saturated carbocycles. The lowest BCUT2D eigenvalue weighted by molar-refractivity contribution is 0.651.